The summed E-state index contributed by atoms with van der Waals surface area (Å²) in [6.07, 6.45) is 1.73. The Labute approximate surface area is 162 Å². The number of phenols is 1. The Morgan fingerprint density at radius 3 is 2.85 bits per heavy atom. The van der Waals surface area contributed by atoms with E-state index in [-0.39, 0.29) is 11.8 Å². The van der Waals surface area contributed by atoms with E-state index in [1.165, 1.54) is 22.3 Å². The molecule has 0 atom stereocenters. The molecule has 2 aromatic carbocycles. The molecule has 0 fully saturated rings. The number of aromatic hydroxyl groups is 1. The molecule has 1 aliphatic carbocycles. The Balaban J connectivity index is 1.40. The second-order valence-electron chi connectivity index (χ2n) is 6.68. The van der Waals surface area contributed by atoms with Crippen LogP contribution in [-0.2, 0) is 13.0 Å². The molecule has 1 heterocycles. The minimum absolute atomic E-state index is 0.0218. The van der Waals surface area contributed by atoms with Gasteiger partial charge in [0.1, 0.15) is 5.75 Å². The summed E-state index contributed by atoms with van der Waals surface area (Å²) in [5, 5.41) is 13.6. The third-order valence-electron chi connectivity index (χ3n) is 4.98. The monoisotopic (exact) mass is 388 g/mol. The van der Waals surface area contributed by atoms with E-state index in [0.29, 0.717) is 24.7 Å². The van der Waals surface area contributed by atoms with Crippen LogP contribution in [0.25, 0.3) is 5.57 Å². The average Bonchev–Trinajstić information content (AvgIpc) is 2.99. The number of carbonyl (C=O) groups is 1. The summed E-state index contributed by atoms with van der Waals surface area (Å²) in [6.45, 7) is 1.67. The summed E-state index contributed by atoms with van der Waals surface area (Å²) in [7, 11) is 0. The number of rotatable bonds is 2. The highest BCUT2D eigenvalue weighted by Gasteiger charge is 2.29. The first kappa shape index (κ1) is 17.3. The Morgan fingerprint density at radius 2 is 2.04 bits per heavy atom. The van der Waals surface area contributed by atoms with E-state index in [1.54, 1.807) is 18.2 Å². The number of benzene rings is 2. The lowest BCUT2D eigenvalue weighted by atomic mass is 9.99. The molecule has 2 N–H and O–H groups in total. The Hall–Kier alpha value is -2.17. The number of hydrogen-bond donors (Lipinski definition) is 2. The first-order valence-electron chi connectivity index (χ1n) is 8.51. The van der Waals surface area contributed by atoms with E-state index in [9.17, 15) is 9.90 Å². The van der Waals surface area contributed by atoms with Gasteiger partial charge in [-0.05, 0) is 64.9 Å². The lowest BCUT2D eigenvalue weighted by molar-refractivity contribution is 0.201. The Bertz CT molecular complexity index is 924. The minimum atomic E-state index is -0.0972. The van der Waals surface area contributed by atoms with E-state index >= 15 is 0 Å². The molecule has 4 nitrogen and oxygen atoms in total. The molecule has 1 aliphatic heterocycles. The predicted octanol–water partition coefficient (Wildman–Crippen LogP) is 4.62. The van der Waals surface area contributed by atoms with Gasteiger partial charge in [-0.1, -0.05) is 35.3 Å². The van der Waals surface area contributed by atoms with Crippen LogP contribution in [0.5, 0.6) is 5.75 Å². The van der Waals surface area contributed by atoms with Gasteiger partial charge in [0, 0.05) is 24.7 Å². The van der Waals surface area contributed by atoms with Crippen LogP contribution in [0.1, 0.15) is 23.1 Å². The summed E-state index contributed by atoms with van der Waals surface area (Å²) in [6, 6.07) is 10.9. The second kappa shape index (κ2) is 6.86. The number of carbonyl (C=O) groups excluding carboxylic acids is 1. The maximum atomic E-state index is 12.5. The van der Waals surface area contributed by atoms with Crippen molar-refractivity contribution >= 4 is 34.8 Å². The van der Waals surface area contributed by atoms with Crippen molar-refractivity contribution in [1.82, 2.24) is 10.2 Å². The molecule has 2 aromatic rings. The van der Waals surface area contributed by atoms with Gasteiger partial charge in [-0.15, -0.1) is 0 Å². The highest BCUT2D eigenvalue weighted by Crippen LogP contribution is 2.39. The molecule has 4 rings (SSSR count). The van der Waals surface area contributed by atoms with Gasteiger partial charge in [-0.25, -0.2) is 4.79 Å². The zero-order chi connectivity index (χ0) is 18.3. The predicted molar refractivity (Wildman–Crippen MR) is 104 cm³/mol. The fourth-order valence-electron chi connectivity index (χ4n) is 3.66. The lowest BCUT2D eigenvalue weighted by Crippen LogP contribution is -2.43. The third kappa shape index (κ3) is 3.27. The molecular weight excluding hydrogens is 371 g/mol. The fraction of sp³-hybridized carbons (Fsp3) is 0.250. The molecule has 0 spiro atoms. The third-order valence-corrected chi connectivity index (χ3v) is 5.54. The zero-order valence-corrected chi connectivity index (χ0v) is 15.6. The summed E-state index contributed by atoms with van der Waals surface area (Å²) >= 11 is 11.9. The summed E-state index contributed by atoms with van der Waals surface area (Å²) in [5.41, 5.74) is 5.98. The van der Waals surface area contributed by atoms with Crippen molar-refractivity contribution in [3.63, 3.8) is 0 Å². The van der Waals surface area contributed by atoms with Crippen LogP contribution in [0.3, 0.4) is 0 Å². The van der Waals surface area contributed by atoms with E-state index in [4.69, 9.17) is 23.2 Å². The van der Waals surface area contributed by atoms with Crippen LogP contribution in [0.4, 0.5) is 4.79 Å². The topological polar surface area (TPSA) is 52.6 Å². The molecule has 0 bridgehead atoms. The number of amides is 2. The first-order chi connectivity index (χ1) is 12.5. The highest BCUT2D eigenvalue weighted by atomic mass is 35.5. The molecule has 0 saturated carbocycles. The van der Waals surface area contributed by atoms with Gasteiger partial charge in [-0.2, -0.15) is 0 Å². The molecule has 0 radical (unpaired) electrons. The summed E-state index contributed by atoms with van der Waals surface area (Å²) < 4.78 is 0. The SMILES string of the molecule is O=C(NCc1ccc(Cl)c(O)c1)N1CCC2=C(Cc3ccc(Cl)cc32)C1. The first-order valence-corrected chi connectivity index (χ1v) is 9.27. The molecule has 0 unspecified atom stereocenters. The minimum Gasteiger partial charge on any atom is -0.506 e. The van der Waals surface area contributed by atoms with Crippen LogP contribution < -0.4 is 5.32 Å². The van der Waals surface area contributed by atoms with Crippen LogP contribution in [0.15, 0.2) is 42.0 Å². The zero-order valence-electron chi connectivity index (χ0n) is 14.1. The van der Waals surface area contributed by atoms with Crippen molar-refractivity contribution in [2.75, 3.05) is 13.1 Å². The van der Waals surface area contributed by atoms with E-state index in [0.717, 1.165) is 23.4 Å². The van der Waals surface area contributed by atoms with Gasteiger partial charge in [0.15, 0.2) is 0 Å². The normalized spacial score (nSPS) is 15.7. The smallest absolute Gasteiger partial charge is 0.317 e. The number of hydrogen-bond acceptors (Lipinski definition) is 2. The molecule has 0 aromatic heterocycles. The number of nitrogens with one attached hydrogen (secondary N) is 1. The van der Waals surface area contributed by atoms with Crippen molar-refractivity contribution in [3.8, 4) is 5.75 Å². The Morgan fingerprint density at radius 1 is 1.19 bits per heavy atom. The molecule has 26 heavy (non-hydrogen) atoms. The van der Waals surface area contributed by atoms with E-state index in [2.05, 4.69) is 11.4 Å². The number of halogens is 2. The Kier molecular flexibility index (Phi) is 4.55. The van der Waals surface area contributed by atoms with Gasteiger partial charge in [-0.3, -0.25) is 0 Å². The largest absolute Gasteiger partial charge is 0.506 e. The molecule has 134 valence electrons. The second-order valence-corrected chi connectivity index (χ2v) is 7.52. The van der Waals surface area contributed by atoms with Gasteiger partial charge in [0.05, 0.1) is 5.02 Å². The maximum Gasteiger partial charge on any atom is 0.317 e. The van der Waals surface area contributed by atoms with Gasteiger partial charge < -0.3 is 15.3 Å². The number of fused-ring (bicyclic) bond motifs is 2. The number of nitrogens with zero attached hydrogens (tertiary/aromatic N) is 1. The number of urea groups is 1. The van der Waals surface area contributed by atoms with Crippen LogP contribution >= 0.6 is 23.2 Å². The number of phenolic OH excluding ortho intramolecular Hbond substituents is 1. The van der Waals surface area contributed by atoms with Crippen LogP contribution in [0.2, 0.25) is 10.0 Å². The highest BCUT2D eigenvalue weighted by molar-refractivity contribution is 6.32. The van der Waals surface area contributed by atoms with Crippen molar-refractivity contribution in [1.29, 1.82) is 0 Å². The molecular formula is C20H18Cl2N2O2. The lowest BCUT2D eigenvalue weighted by Gasteiger charge is -2.29. The van der Waals surface area contributed by atoms with Crippen molar-refractivity contribution in [3.05, 3.63) is 68.7 Å². The van der Waals surface area contributed by atoms with Crippen LogP contribution in [0, 0.1) is 0 Å². The summed E-state index contributed by atoms with van der Waals surface area (Å²) in [4.78, 5) is 14.4. The van der Waals surface area contributed by atoms with Crippen LogP contribution in [-0.4, -0.2) is 29.1 Å². The van der Waals surface area contributed by atoms with E-state index < -0.39 is 0 Å². The van der Waals surface area contributed by atoms with Gasteiger partial charge in [0.25, 0.3) is 0 Å². The fourth-order valence-corrected chi connectivity index (χ4v) is 3.95. The average molecular weight is 389 g/mol. The maximum absolute atomic E-state index is 12.5. The van der Waals surface area contributed by atoms with Crippen molar-refractivity contribution in [2.45, 2.75) is 19.4 Å². The van der Waals surface area contributed by atoms with Crippen molar-refractivity contribution in [2.24, 2.45) is 0 Å². The molecule has 2 amide bonds. The van der Waals surface area contributed by atoms with Crippen molar-refractivity contribution < 1.29 is 9.90 Å². The quantitative estimate of drug-likeness (QED) is 0.787. The van der Waals surface area contributed by atoms with Gasteiger partial charge >= 0.3 is 6.03 Å². The molecule has 2 aliphatic rings. The standard InChI is InChI=1S/C20H18Cl2N2O2/c21-15-3-2-13-8-14-11-24(6-5-16(14)17(13)9-15)20(26)23-10-12-1-4-18(22)19(25)7-12/h1-4,7,9,25H,5-6,8,10-11H2,(H,23,26). The van der Waals surface area contributed by atoms with Gasteiger partial charge in [0.2, 0.25) is 0 Å². The van der Waals surface area contributed by atoms with E-state index in [1.807, 2.05) is 17.0 Å². The molecule has 6 heteroatoms. The molecule has 0 saturated heterocycles. The summed E-state index contributed by atoms with van der Waals surface area (Å²) in [5.74, 6) is 0.0218.